The maximum Gasteiger partial charge on any atom is 0.335 e. The Bertz CT molecular complexity index is 191. The minimum Gasteiger partial charge on any atom is -0.460 e. The molecule has 1 saturated heterocycles. The number of hydrogen-bond acceptors (Lipinski definition) is 3. The molecule has 0 aromatic rings. The van der Waals surface area contributed by atoms with Crippen molar-refractivity contribution >= 4 is 5.97 Å². The molecule has 1 fully saturated rings. The van der Waals surface area contributed by atoms with Gasteiger partial charge in [0.15, 0.2) is 6.10 Å². The number of hydrogen-bond donors (Lipinski definition) is 1. The Morgan fingerprint density at radius 3 is 2.67 bits per heavy atom. The van der Waals surface area contributed by atoms with E-state index in [1.54, 1.807) is 0 Å². The molecule has 2 unspecified atom stereocenters. The second kappa shape index (κ2) is 6.83. The van der Waals surface area contributed by atoms with Gasteiger partial charge in [0.25, 0.3) is 0 Å². The van der Waals surface area contributed by atoms with Crippen molar-refractivity contribution in [3.8, 4) is 0 Å². The van der Waals surface area contributed by atoms with Crippen LogP contribution in [-0.4, -0.2) is 23.3 Å². The Labute approximate surface area is 91.8 Å². The van der Waals surface area contributed by atoms with Gasteiger partial charge in [-0.25, -0.2) is 4.79 Å². The molecule has 1 rings (SSSR count). The fourth-order valence-electron chi connectivity index (χ4n) is 1.94. The summed E-state index contributed by atoms with van der Waals surface area (Å²) in [5.74, 6) is -0.431. The summed E-state index contributed by atoms with van der Waals surface area (Å²) in [5.41, 5.74) is 0. The number of carbonyl (C=O) groups excluding carboxylic acids is 1. The van der Waals surface area contributed by atoms with Crippen LogP contribution < -0.4 is 0 Å². The normalized spacial score (nSPS) is 26.4. The number of carbonyl (C=O) groups is 1. The first-order valence-corrected chi connectivity index (χ1v) is 6.12. The predicted octanol–water partition coefficient (Wildman–Crippen LogP) is 2.41. The van der Waals surface area contributed by atoms with E-state index in [9.17, 15) is 4.79 Å². The lowest BCUT2D eigenvalue weighted by Crippen LogP contribution is -2.34. The zero-order valence-corrected chi connectivity index (χ0v) is 9.58. The molecule has 0 aromatic heterocycles. The zero-order valence-electron chi connectivity index (χ0n) is 9.58. The zero-order chi connectivity index (χ0) is 11.1. The Morgan fingerprint density at radius 1 is 1.27 bits per heavy atom. The third kappa shape index (κ3) is 4.65. The molecule has 0 aliphatic carbocycles. The summed E-state index contributed by atoms with van der Waals surface area (Å²) in [6, 6.07) is 0. The molecule has 0 spiro atoms. The second-order valence-electron chi connectivity index (χ2n) is 4.35. The summed E-state index contributed by atoms with van der Waals surface area (Å²) in [4.78, 5) is 11.1. The van der Waals surface area contributed by atoms with Gasteiger partial charge in [0, 0.05) is 0 Å². The first kappa shape index (κ1) is 12.5. The lowest BCUT2D eigenvalue weighted by atomic mass is 10.0. The van der Waals surface area contributed by atoms with E-state index < -0.39 is 12.1 Å². The van der Waals surface area contributed by atoms with Gasteiger partial charge >= 0.3 is 5.97 Å². The van der Waals surface area contributed by atoms with Crippen LogP contribution >= 0.6 is 0 Å². The Kier molecular flexibility index (Phi) is 5.69. The van der Waals surface area contributed by atoms with Crippen LogP contribution in [0.5, 0.6) is 0 Å². The van der Waals surface area contributed by atoms with Gasteiger partial charge in [-0.15, -0.1) is 0 Å². The van der Waals surface area contributed by atoms with E-state index in [1.165, 1.54) is 25.7 Å². The quantitative estimate of drug-likeness (QED) is 0.545. The summed E-state index contributed by atoms with van der Waals surface area (Å²) >= 11 is 0. The number of ether oxygens (including phenoxy) is 1. The molecule has 0 amide bonds. The first-order valence-electron chi connectivity index (χ1n) is 6.12. The van der Waals surface area contributed by atoms with Crippen LogP contribution in [-0.2, 0) is 9.53 Å². The lowest BCUT2D eigenvalue weighted by Gasteiger charge is -2.25. The smallest absolute Gasteiger partial charge is 0.335 e. The molecule has 0 bridgehead atoms. The monoisotopic (exact) mass is 214 g/mol. The lowest BCUT2D eigenvalue weighted by molar-refractivity contribution is -0.167. The maximum atomic E-state index is 11.1. The van der Waals surface area contributed by atoms with Crippen molar-refractivity contribution in [2.45, 2.75) is 70.5 Å². The standard InChI is InChI=1S/C12H22O3/c1-2-3-4-5-6-7-10-8-9-11(13)12(14)15-10/h10-11,13H,2-9H2,1H3. The molecule has 3 nitrogen and oxygen atoms in total. The Balaban J connectivity index is 2.04. The molecule has 88 valence electrons. The van der Waals surface area contributed by atoms with Crippen LogP contribution in [0, 0.1) is 0 Å². The van der Waals surface area contributed by atoms with Gasteiger partial charge in [-0.3, -0.25) is 0 Å². The van der Waals surface area contributed by atoms with E-state index in [4.69, 9.17) is 9.84 Å². The van der Waals surface area contributed by atoms with Crippen molar-refractivity contribution in [3.05, 3.63) is 0 Å². The van der Waals surface area contributed by atoms with E-state index in [0.717, 1.165) is 19.3 Å². The van der Waals surface area contributed by atoms with Crippen LogP contribution in [0.4, 0.5) is 0 Å². The molecule has 3 heteroatoms. The van der Waals surface area contributed by atoms with Crippen molar-refractivity contribution in [3.63, 3.8) is 0 Å². The fraction of sp³-hybridized carbons (Fsp3) is 0.917. The predicted molar refractivity (Wildman–Crippen MR) is 58.5 cm³/mol. The third-order valence-corrected chi connectivity index (χ3v) is 2.95. The van der Waals surface area contributed by atoms with Crippen LogP contribution in [0.15, 0.2) is 0 Å². The Morgan fingerprint density at radius 2 is 2.00 bits per heavy atom. The van der Waals surface area contributed by atoms with E-state index in [2.05, 4.69) is 6.92 Å². The highest BCUT2D eigenvalue weighted by atomic mass is 16.6. The van der Waals surface area contributed by atoms with E-state index in [1.807, 2.05) is 0 Å². The van der Waals surface area contributed by atoms with Gasteiger partial charge < -0.3 is 9.84 Å². The number of unbranched alkanes of at least 4 members (excludes halogenated alkanes) is 4. The number of esters is 1. The highest BCUT2D eigenvalue weighted by Crippen LogP contribution is 2.20. The van der Waals surface area contributed by atoms with Gasteiger partial charge in [-0.1, -0.05) is 32.6 Å². The number of cyclic esters (lactones) is 1. The minimum absolute atomic E-state index is 0.0579. The summed E-state index contributed by atoms with van der Waals surface area (Å²) in [7, 11) is 0. The topological polar surface area (TPSA) is 46.5 Å². The average molecular weight is 214 g/mol. The average Bonchev–Trinajstić information content (AvgIpc) is 2.23. The molecule has 1 N–H and O–H groups in total. The first-order chi connectivity index (χ1) is 7.24. The van der Waals surface area contributed by atoms with Crippen LogP contribution in [0.1, 0.15) is 58.3 Å². The highest BCUT2D eigenvalue weighted by Gasteiger charge is 2.27. The van der Waals surface area contributed by atoms with Crippen LogP contribution in [0.25, 0.3) is 0 Å². The summed E-state index contributed by atoms with van der Waals surface area (Å²) < 4.78 is 5.12. The summed E-state index contributed by atoms with van der Waals surface area (Å²) in [6.45, 7) is 2.20. The number of aliphatic hydroxyl groups excluding tert-OH is 1. The molecule has 0 aromatic carbocycles. The van der Waals surface area contributed by atoms with Crippen LogP contribution in [0.3, 0.4) is 0 Å². The molecule has 1 aliphatic rings. The van der Waals surface area contributed by atoms with Gasteiger partial charge in [0.05, 0.1) is 0 Å². The third-order valence-electron chi connectivity index (χ3n) is 2.95. The van der Waals surface area contributed by atoms with Crippen molar-refractivity contribution in [1.82, 2.24) is 0 Å². The second-order valence-corrected chi connectivity index (χ2v) is 4.35. The molecule has 0 saturated carbocycles. The molecular weight excluding hydrogens is 192 g/mol. The van der Waals surface area contributed by atoms with Crippen molar-refractivity contribution in [2.75, 3.05) is 0 Å². The highest BCUT2D eigenvalue weighted by molar-refractivity contribution is 5.75. The SMILES string of the molecule is CCCCCCCC1CCC(O)C(=O)O1. The Hall–Kier alpha value is -0.570. The summed E-state index contributed by atoms with van der Waals surface area (Å²) in [6.07, 6.45) is 7.72. The molecule has 15 heavy (non-hydrogen) atoms. The molecular formula is C12H22O3. The van der Waals surface area contributed by atoms with Crippen LogP contribution in [0.2, 0.25) is 0 Å². The molecule has 1 heterocycles. The van der Waals surface area contributed by atoms with Crippen molar-refractivity contribution in [1.29, 1.82) is 0 Å². The van der Waals surface area contributed by atoms with Gasteiger partial charge in [0.2, 0.25) is 0 Å². The largest absolute Gasteiger partial charge is 0.460 e. The molecule has 0 radical (unpaired) electrons. The van der Waals surface area contributed by atoms with E-state index in [-0.39, 0.29) is 6.10 Å². The van der Waals surface area contributed by atoms with E-state index in [0.29, 0.717) is 6.42 Å². The molecule has 1 aliphatic heterocycles. The van der Waals surface area contributed by atoms with E-state index >= 15 is 0 Å². The summed E-state index contributed by atoms with van der Waals surface area (Å²) in [5, 5.41) is 9.16. The van der Waals surface area contributed by atoms with Gasteiger partial charge in [-0.2, -0.15) is 0 Å². The van der Waals surface area contributed by atoms with Crippen molar-refractivity contribution < 1.29 is 14.6 Å². The number of rotatable bonds is 6. The minimum atomic E-state index is -0.874. The fourth-order valence-corrected chi connectivity index (χ4v) is 1.94. The van der Waals surface area contributed by atoms with Crippen molar-refractivity contribution in [2.24, 2.45) is 0 Å². The molecule has 2 atom stereocenters. The van der Waals surface area contributed by atoms with Gasteiger partial charge in [0.1, 0.15) is 6.10 Å². The maximum absolute atomic E-state index is 11.1. The number of aliphatic hydroxyl groups is 1. The van der Waals surface area contributed by atoms with Gasteiger partial charge in [-0.05, 0) is 25.7 Å².